The van der Waals surface area contributed by atoms with Crippen LogP contribution in [0.3, 0.4) is 0 Å². The highest BCUT2D eigenvalue weighted by atomic mass is 16.3. The maximum Gasteiger partial charge on any atom is 0.234 e. The largest absolute Gasteiger partial charge is 0.392 e. The van der Waals surface area contributed by atoms with Gasteiger partial charge < -0.3 is 16.2 Å². The minimum absolute atomic E-state index is 0.0652. The van der Waals surface area contributed by atoms with Gasteiger partial charge in [-0.1, -0.05) is 13.8 Å². The zero-order valence-corrected chi connectivity index (χ0v) is 11.4. The molecule has 2 unspecified atom stereocenters. The number of amides is 1. The molecule has 5 heteroatoms. The molecule has 0 aromatic carbocycles. The van der Waals surface area contributed by atoms with E-state index >= 15 is 0 Å². The van der Waals surface area contributed by atoms with E-state index in [4.69, 9.17) is 5.73 Å². The highest BCUT2D eigenvalue weighted by molar-refractivity contribution is 5.78. The number of hydrogen-bond acceptors (Lipinski definition) is 4. The Labute approximate surface area is 109 Å². The number of carbonyl (C=O) groups is 1. The van der Waals surface area contributed by atoms with Gasteiger partial charge in [-0.2, -0.15) is 0 Å². The second-order valence-electron chi connectivity index (χ2n) is 6.31. The van der Waals surface area contributed by atoms with E-state index in [-0.39, 0.29) is 23.5 Å². The van der Waals surface area contributed by atoms with Gasteiger partial charge in [-0.25, -0.2) is 0 Å². The van der Waals surface area contributed by atoms with E-state index in [2.05, 4.69) is 10.2 Å². The molecular formula is C13H25N3O2. The number of nitrogens with zero attached hydrogens (tertiary/aromatic N) is 1. The smallest absolute Gasteiger partial charge is 0.234 e. The fourth-order valence-electron chi connectivity index (χ4n) is 2.70. The third-order valence-corrected chi connectivity index (χ3v) is 4.55. The minimum Gasteiger partial charge on any atom is -0.392 e. The number of piperidine rings is 1. The second-order valence-corrected chi connectivity index (χ2v) is 6.31. The summed E-state index contributed by atoms with van der Waals surface area (Å²) in [5.74, 6) is 0.0652. The Morgan fingerprint density at radius 1 is 1.44 bits per heavy atom. The predicted molar refractivity (Wildman–Crippen MR) is 70.0 cm³/mol. The van der Waals surface area contributed by atoms with E-state index in [1.807, 2.05) is 13.8 Å². The molecule has 1 aliphatic heterocycles. The standard InChI is InChI=1S/C13H25N3O2/c1-13(2)10(7-11(13)17)15-12(18)8-16-5-3-9(14)4-6-16/h9-11,17H,3-8,14H2,1-2H3,(H,15,18). The number of hydrogen-bond donors (Lipinski definition) is 3. The number of nitrogens with two attached hydrogens (primary N) is 1. The quantitative estimate of drug-likeness (QED) is 0.646. The van der Waals surface area contributed by atoms with Crippen LogP contribution in [0, 0.1) is 5.41 Å². The van der Waals surface area contributed by atoms with E-state index in [1.54, 1.807) is 0 Å². The third-order valence-electron chi connectivity index (χ3n) is 4.55. The van der Waals surface area contributed by atoms with Gasteiger partial charge in [-0.05, 0) is 19.3 Å². The summed E-state index contributed by atoms with van der Waals surface area (Å²) in [7, 11) is 0. The third kappa shape index (κ3) is 2.84. The van der Waals surface area contributed by atoms with Gasteiger partial charge in [0.05, 0.1) is 12.6 Å². The average Bonchev–Trinajstić information content (AvgIpc) is 2.32. The van der Waals surface area contributed by atoms with Gasteiger partial charge in [0.25, 0.3) is 0 Å². The Morgan fingerprint density at radius 2 is 2.06 bits per heavy atom. The van der Waals surface area contributed by atoms with Gasteiger partial charge in [0.2, 0.25) is 5.91 Å². The normalized spacial score (nSPS) is 32.9. The zero-order chi connectivity index (χ0) is 13.3. The summed E-state index contributed by atoms with van der Waals surface area (Å²) in [6.07, 6.45) is 2.32. The van der Waals surface area contributed by atoms with Gasteiger partial charge in [-0.15, -0.1) is 0 Å². The van der Waals surface area contributed by atoms with Crippen LogP contribution in [-0.2, 0) is 4.79 Å². The van der Waals surface area contributed by atoms with Crippen molar-refractivity contribution in [3.05, 3.63) is 0 Å². The molecule has 1 heterocycles. The summed E-state index contributed by atoms with van der Waals surface area (Å²) in [6.45, 7) is 6.25. The monoisotopic (exact) mass is 255 g/mol. The van der Waals surface area contributed by atoms with Crippen molar-refractivity contribution in [3.63, 3.8) is 0 Å². The number of rotatable bonds is 3. The molecule has 0 aromatic rings. The van der Waals surface area contributed by atoms with Crippen LogP contribution in [-0.4, -0.2) is 53.7 Å². The molecule has 0 radical (unpaired) electrons. The molecular weight excluding hydrogens is 230 g/mol. The molecule has 0 aromatic heterocycles. The lowest BCUT2D eigenvalue weighted by Gasteiger charge is -2.49. The maximum absolute atomic E-state index is 11.9. The number of nitrogens with one attached hydrogen (secondary N) is 1. The highest BCUT2D eigenvalue weighted by Crippen LogP contribution is 2.40. The molecule has 2 rings (SSSR count). The van der Waals surface area contributed by atoms with Gasteiger partial charge in [-0.3, -0.25) is 9.69 Å². The first kappa shape index (κ1) is 13.8. The lowest BCUT2D eigenvalue weighted by atomic mass is 9.64. The lowest BCUT2D eigenvalue weighted by Crippen LogP contribution is -2.62. The van der Waals surface area contributed by atoms with Crippen LogP contribution < -0.4 is 11.1 Å². The number of aliphatic hydroxyl groups excluding tert-OH is 1. The van der Waals surface area contributed by atoms with Crippen molar-refractivity contribution in [1.29, 1.82) is 0 Å². The van der Waals surface area contributed by atoms with Crippen LogP contribution in [0.4, 0.5) is 0 Å². The second kappa shape index (κ2) is 5.15. The summed E-state index contributed by atoms with van der Waals surface area (Å²) >= 11 is 0. The molecule has 0 bridgehead atoms. The van der Waals surface area contributed by atoms with Gasteiger partial charge in [0.15, 0.2) is 0 Å². The van der Waals surface area contributed by atoms with Crippen LogP contribution >= 0.6 is 0 Å². The van der Waals surface area contributed by atoms with Crippen molar-refractivity contribution in [2.24, 2.45) is 11.1 Å². The lowest BCUT2D eigenvalue weighted by molar-refractivity contribution is -0.130. The summed E-state index contributed by atoms with van der Waals surface area (Å²) in [4.78, 5) is 14.1. The maximum atomic E-state index is 11.9. The van der Waals surface area contributed by atoms with Crippen LogP contribution in [0.15, 0.2) is 0 Å². The molecule has 1 amide bonds. The van der Waals surface area contributed by atoms with Crippen LogP contribution in [0.1, 0.15) is 33.1 Å². The van der Waals surface area contributed by atoms with Crippen molar-refractivity contribution in [2.75, 3.05) is 19.6 Å². The van der Waals surface area contributed by atoms with Crippen molar-refractivity contribution in [3.8, 4) is 0 Å². The number of carbonyl (C=O) groups excluding carboxylic acids is 1. The Balaban J connectivity index is 1.73. The van der Waals surface area contributed by atoms with Crippen molar-refractivity contribution >= 4 is 5.91 Å². The predicted octanol–water partition coefficient (Wildman–Crippen LogP) is -0.315. The van der Waals surface area contributed by atoms with Crippen LogP contribution in [0.25, 0.3) is 0 Å². The zero-order valence-electron chi connectivity index (χ0n) is 11.4. The van der Waals surface area contributed by atoms with Gasteiger partial charge in [0, 0.05) is 30.6 Å². The van der Waals surface area contributed by atoms with E-state index in [1.165, 1.54) is 0 Å². The number of aliphatic hydroxyl groups is 1. The Hall–Kier alpha value is -0.650. The molecule has 18 heavy (non-hydrogen) atoms. The van der Waals surface area contributed by atoms with E-state index in [9.17, 15) is 9.90 Å². The fraction of sp³-hybridized carbons (Fsp3) is 0.923. The Bertz CT molecular complexity index is 311. The first-order valence-electron chi connectivity index (χ1n) is 6.85. The van der Waals surface area contributed by atoms with Crippen molar-refractivity contribution in [1.82, 2.24) is 10.2 Å². The summed E-state index contributed by atoms with van der Waals surface area (Å²) in [5.41, 5.74) is 5.64. The van der Waals surface area contributed by atoms with Crippen LogP contribution in [0.2, 0.25) is 0 Å². The molecule has 0 spiro atoms. The summed E-state index contributed by atoms with van der Waals surface area (Å²) in [6, 6.07) is 0.400. The molecule has 1 saturated heterocycles. The van der Waals surface area contributed by atoms with E-state index in [0.29, 0.717) is 19.0 Å². The topological polar surface area (TPSA) is 78.6 Å². The SMILES string of the molecule is CC1(C)C(O)CC1NC(=O)CN1CCC(N)CC1. The summed E-state index contributed by atoms with van der Waals surface area (Å²) in [5, 5.41) is 12.7. The molecule has 1 saturated carbocycles. The molecule has 1 aliphatic carbocycles. The van der Waals surface area contributed by atoms with Crippen LogP contribution in [0.5, 0.6) is 0 Å². The molecule has 2 aliphatic rings. The summed E-state index contributed by atoms with van der Waals surface area (Å²) < 4.78 is 0. The Kier molecular flexibility index (Phi) is 3.94. The van der Waals surface area contributed by atoms with Gasteiger partial charge in [0.1, 0.15) is 0 Å². The molecule has 104 valence electrons. The van der Waals surface area contributed by atoms with Crippen molar-refractivity contribution < 1.29 is 9.90 Å². The van der Waals surface area contributed by atoms with Gasteiger partial charge >= 0.3 is 0 Å². The van der Waals surface area contributed by atoms with E-state index in [0.717, 1.165) is 25.9 Å². The first-order valence-corrected chi connectivity index (χ1v) is 6.85. The van der Waals surface area contributed by atoms with E-state index < -0.39 is 0 Å². The fourth-order valence-corrected chi connectivity index (χ4v) is 2.70. The molecule has 4 N–H and O–H groups in total. The minimum atomic E-state index is -0.296. The number of likely N-dealkylation sites (tertiary alicyclic amines) is 1. The first-order chi connectivity index (χ1) is 8.39. The molecule has 2 atom stereocenters. The van der Waals surface area contributed by atoms with Crippen molar-refractivity contribution in [2.45, 2.75) is 51.3 Å². The molecule has 5 nitrogen and oxygen atoms in total. The Morgan fingerprint density at radius 3 is 2.56 bits per heavy atom. The highest BCUT2D eigenvalue weighted by Gasteiger charge is 2.47. The molecule has 2 fully saturated rings. The average molecular weight is 255 g/mol.